The lowest BCUT2D eigenvalue weighted by Gasteiger charge is -2.14. The first-order chi connectivity index (χ1) is 13.5. The fraction of sp³-hybridized carbons (Fsp3) is 0.300. The van der Waals surface area contributed by atoms with E-state index in [2.05, 4.69) is 15.5 Å². The van der Waals surface area contributed by atoms with Gasteiger partial charge in [-0.3, -0.25) is 14.2 Å². The molecule has 1 aromatic carbocycles. The second-order valence-electron chi connectivity index (χ2n) is 6.81. The number of fused-ring (bicyclic) bond motifs is 3. The van der Waals surface area contributed by atoms with E-state index in [9.17, 15) is 14.0 Å². The smallest absolute Gasteiger partial charge is 0.263 e. The van der Waals surface area contributed by atoms with Crippen LogP contribution in [0.25, 0.3) is 10.2 Å². The first kappa shape index (κ1) is 18.5. The Morgan fingerprint density at radius 1 is 1.32 bits per heavy atom. The molecule has 1 atom stereocenters. The number of halogens is 1. The minimum atomic E-state index is -0.756. The van der Waals surface area contributed by atoms with E-state index >= 15 is 0 Å². The van der Waals surface area contributed by atoms with Crippen LogP contribution in [0.1, 0.15) is 41.8 Å². The lowest BCUT2D eigenvalue weighted by atomic mass is 9.97. The van der Waals surface area contributed by atoms with Crippen molar-refractivity contribution in [3.8, 4) is 0 Å². The predicted octanol–water partition coefficient (Wildman–Crippen LogP) is 3.19. The molecule has 0 fully saturated rings. The van der Waals surface area contributed by atoms with E-state index in [0.29, 0.717) is 10.9 Å². The summed E-state index contributed by atoms with van der Waals surface area (Å²) >= 11 is 1.58. The molecule has 1 N–H and O–H groups in total. The summed E-state index contributed by atoms with van der Waals surface area (Å²) in [5.74, 6) is -0.765. The van der Waals surface area contributed by atoms with Crippen LogP contribution in [0, 0.1) is 5.82 Å². The van der Waals surface area contributed by atoms with Crippen LogP contribution in [0.2, 0.25) is 0 Å². The van der Waals surface area contributed by atoms with E-state index in [0.717, 1.165) is 36.1 Å². The van der Waals surface area contributed by atoms with Gasteiger partial charge in [0.1, 0.15) is 16.7 Å². The van der Waals surface area contributed by atoms with Gasteiger partial charge in [0.25, 0.3) is 11.5 Å². The molecule has 1 amide bonds. The van der Waals surface area contributed by atoms with Gasteiger partial charge >= 0.3 is 0 Å². The minimum Gasteiger partial charge on any atom is -0.286 e. The molecule has 144 valence electrons. The molecule has 0 spiro atoms. The number of nitrogens with one attached hydrogen (secondary N) is 1. The molecule has 0 aliphatic heterocycles. The first-order valence-electron chi connectivity index (χ1n) is 9.14. The van der Waals surface area contributed by atoms with Crippen molar-refractivity contribution in [3.05, 3.63) is 62.8 Å². The van der Waals surface area contributed by atoms with Crippen molar-refractivity contribution < 1.29 is 9.18 Å². The van der Waals surface area contributed by atoms with E-state index in [1.165, 1.54) is 34.1 Å². The average Bonchev–Trinajstić information content (AvgIpc) is 3.08. The molecule has 6 nitrogen and oxygen atoms in total. The van der Waals surface area contributed by atoms with E-state index in [4.69, 9.17) is 0 Å². The van der Waals surface area contributed by atoms with Gasteiger partial charge in [-0.25, -0.2) is 14.8 Å². The molecular weight excluding hydrogens is 379 g/mol. The van der Waals surface area contributed by atoms with Crippen LogP contribution in [0.15, 0.2) is 40.5 Å². The molecule has 0 saturated heterocycles. The fourth-order valence-corrected chi connectivity index (χ4v) is 4.59. The topological polar surface area (TPSA) is 76.3 Å². The third-order valence-corrected chi connectivity index (χ3v) is 6.16. The Labute approximate surface area is 164 Å². The number of amides is 1. The van der Waals surface area contributed by atoms with E-state index < -0.39 is 11.9 Å². The Kier molecular flexibility index (Phi) is 5.04. The molecule has 2 heterocycles. The molecule has 1 unspecified atom stereocenters. The lowest BCUT2D eigenvalue weighted by molar-refractivity contribution is -0.123. The van der Waals surface area contributed by atoms with Crippen LogP contribution in [-0.2, 0) is 17.6 Å². The number of thiophene rings is 1. The van der Waals surface area contributed by atoms with Gasteiger partial charge in [-0.2, -0.15) is 5.10 Å². The van der Waals surface area contributed by atoms with Crippen LogP contribution in [0.4, 0.5) is 4.39 Å². The largest absolute Gasteiger partial charge is 0.286 e. The predicted molar refractivity (Wildman–Crippen MR) is 107 cm³/mol. The summed E-state index contributed by atoms with van der Waals surface area (Å²) in [6.07, 6.45) is 6.94. The summed E-state index contributed by atoms with van der Waals surface area (Å²) in [7, 11) is 0. The van der Waals surface area contributed by atoms with Gasteiger partial charge in [0.2, 0.25) is 0 Å². The van der Waals surface area contributed by atoms with Gasteiger partial charge in [0.15, 0.2) is 0 Å². The molecule has 0 bridgehead atoms. The number of carbonyl (C=O) groups excluding carboxylic acids is 1. The van der Waals surface area contributed by atoms with Crippen molar-refractivity contribution in [1.82, 2.24) is 15.0 Å². The third-order valence-electron chi connectivity index (χ3n) is 4.96. The maximum atomic E-state index is 13.0. The maximum Gasteiger partial charge on any atom is 0.263 e. The molecule has 1 aliphatic rings. The maximum absolute atomic E-state index is 13.0. The molecule has 28 heavy (non-hydrogen) atoms. The number of carbonyl (C=O) groups is 1. The average molecular weight is 398 g/mol. The summed E-state index contributed by atoms with van der Waals surface area (Å²) in [6.45, 7) is 1.64. The number of benzene rings is 1. The van der Waals surface area contributed by atoms with Crippen molar-refractivity contribution in [2.24, 2.45) is 5.10 Å². The Hall–Kier alpha value is -2.87. The van der Waals surface area contributed by atoms with Crippen molar-refractivity contribution in [2.75, 3.05) is 0 Å². The normalized spacial score (nSPS) is 14.9. The van der Waals surface area contributed by atoms with Crippen molar-refractivity contribution >= 4 is 33.7 Å². The van der Waals surface area contributed by atoms with Gasteiger partial charge < -0.3 is 0 Å². The Morgan fingerprint density at radius 2 is 2.07 bits per heavy atom. The summed E-state index contributed by atoms with van der Waals surface area (Å²) in [6, 6.07) is 4.98. The van der Waals surface area contributed by atoms with Gasteiger partial charge in [-0.15, -0.1) is 11.3 Å². The Bertz CT molecular complexity index is 1120. The molecular formula is C20H19FN4O2S. The van der Waals surface area contributed by atoms with E-state index in [-0.39, 0.29) is 11.4 Å². The van der Waals surface area contributed by atoms with Crippen LogP contribution < -0.4 is 11.0 Å². The van der Waals surface area contributed by atoms with Crippen molar-refractivity contribution in [2.45, 2.75) is 38.6 Å². The SMILES string of the molecule is CC(C(=O)N/N=C\c1ccc(F)cc1)n1cnc2sc3c(c2c1=O)CCCC3. The van der Waals surface area contributed by atoms with Crippen LogP contribution in [0.5, 0.6) is 0 Å². The molecule has 0 radical (unpaired) electrons. The molecule has 3 aromatic rings. The highest BCUT2D eigenvalue weighted by Gasteiger charge is 2.23. The van der Waals surface area contributed by atoms with Gasteiger partial charge in [-0.05, 0) is 55.9 Å². The van der Waals surface area contributed by atoms with Crippen LogP contribution in [-0.4, -0.2) is 21.7 Å². The summed E-state index contributed by atoms with van der Waals surface area (Å²) in [5.41, 5.74) is 3.99. The number of rotatable bonds is 4. The highest BCUT2D eigenvalue weighted by Crippen LogP contribution is 2.33. The zero-order valence-electron chi connectivity index (χ0n) is 15.3. The zero-order chi connectivity index (χ0) is 19.7. The monoisotopic (exact) mass is 398 g/mol. The molecule has 8 heteroatoms. The third kappa shape index (κ3) is 3.47. The Balaban J connectivity index is 1.55. The zero-order valence-corrected chi connectivity index (χ0v) is 16.1. The highest BCUT2D eigenvalue weighted by atomic mass is 32.1. The summed E-state index contributed by atoms with van der Waals surface area (Å²) < 4.78 is 14.3. The lowest BCUT2D eigenvalue weighted by Crippen LogP contribution is -2.34. The fourth-order valence-electron chi connectivity index (χ4n) is 3.37. The van der Waals surface area contributed by atoms with E-state index in [1.54, 1.807) is 30.4 Å². The summed E-state index contributed by atoms with van der Waals surface area (Å²) in [5, 5.41) is 4.54. The first-order valence-corrected chi connectivity index (χ1v) is 9.96. The van der Waals surface area contributed by atoms with Crippen LogP contribution >= 0.6 is 11.3 Å². The van der Waals surface area contributed by atoms with Gasteiger partial charge in [-0.1, -0.05) is 12.1 Å². The minimum absolute atomic E-state index is 0.186. The number of nitrogens with zero attached hydrogens (tertiary/aromatic N) is 3. The Morgan fingerprint density at radius 3 is 2.86 bits per heavy atom. The van der Waals surface area contributed by atoms with E-state index in [1.807, 2.05) is 0 Å². The standard InChI is InChI=1S/C20H19FN4O2S/c1-12(18(26)24-23-10-13-6-8-14(21)9-7-13)25-11-22-19-17(20(25)27)15-4-2-3-5-16(15)28-19/h6-12H,2-5H2,1H3,(H,24,26)/b23-10-. The number of aryl methyl sites for hydroxylation is 2. The number of aromatic nitrogens is 2. The molecule has 2 aromatic heterocycles. The highest BCUT2D eigenvalue weighted by molar-refractivity contribution is 7.18. The second kappa shape index (κ2) is 7.63. The number of hydrogen-bond donors (Lipinski definition) is 1. The van der Waals surface area contributed by atoms with Crippen molar-refractivity contribution in [3.63, 3.8) is 0 Å². The number of hydrazone groups is 1. The quantitative estimate of drug-likeness (QED) is 0.542. The number of hydrogen-bond acceptors (Lipinski definition) is 5. The van der Waals surface area contributed by atoms with Gasteiger partial charge in [0, 0.05) is 4.88 Å². The van der Waals surface area contributed by atoms with Gasteiger partial charge in [0.05, 0.1) is 17.9 Å². The molecule has 0 saturated carbocycles. The van der Waals surface area contributed by atoms with Crippen molar-refractivity contribution in [1.29, 1.82) is 0 Å². The molecule has 1 aliphatic carbocycles. The second-order valence-corrected chi connectivity index (χ2v) is 7.89. The van der Waals surface area contributed by atoms with Crippen LogP contribution in [0.3, 0.4) is 0 Å². The summed E-state index contributed by atoms with van der Waals surface area (Å²) in [4.78, 5) is 31.8. The molecule has 4 rings (SSSR count).